The monoisotopic (exact) mass is 371 g/mol. The number of nitrogens with zero attached hydrogens (tertiary/aromatic N) is 1. The third-order valence-electron chi connectivity index (χ3n) is 4.44. The number of unbranched alkanes of at least 4 members (excludes halogenated alkanes) is 8. The van der Waals surface area contributed by atoms with Crippen LogP contribution in [0, 0.1) is 0 Å². The molecule has 0 aromatic heterocycles. The number of carbonyl (C=O) groups excluding carboxylic acids is 2. The number of hydrogen-bond acceptors (Lipinski definition) is 5. The van der Waals surface area contributed by atoms with Crippen LogP contribution in [0.2, 0.25) is 0 Å². The fourth-order valence-electron chi connectivity index (χ4n) is 2.63. The third-order valence-corrected chi connectivity index (χ3v) is 4.44. The predicted molar refractivity (Wildman–Crippen MR) is 106 cm³/mol. The molecule has 0 amide bonds. The molecular weight excluding hydrogens is 330 g/mol. The first kappa shape index (κ1) is 24.9. The van der Waals surface area contributed by atoms with Gasteiger partial charge in [-0.1, -0.05) is 65.2 Å². The minimum absolute atomic E-state index is 0.107. The third kappa shape index (κ3) is 17.7. The van der Waals surface area contributed by atoms with Gasteiger partial charge in [-0.15, -0.1) is 0 Å². The maximum Gasteiger partial charge on any atom is 0.305 e. The zero-order valence-corrected chi connectivity index (χ0v) is 17.4. The van der Waals surface area contributed by atoms with Gasteiger partial charge in [0.15, 0.2) is 0 Å². The molecule has 0 spiro atoms. The maximum atomic E-state index is 11.6. The summed E-state index contributed by atoms with van der Waals surface area (Å²) < 4.78 is 10.5. The van der Waals surface area contributed by atoms with Crippen molar-refractivity contribution in [3.8, 4) is 0 Å². The molecule has 0 aromatic carbocycles. The van der Waals surface area contributed by atoms with Gasteiger partial charge in [-0.25, -0.2) is 0 Å². The highest BCUT2D eigenvalue weighted by molar-refractivity contribution is 5.69. The van der Waals surface area contributed by atoms with Gasteiger partial charge in [0.25, 0.3) is 0 Å². The van der Waals surface area contributed by atoms with Gasteiger partial charge >= 0.3 is 11.9 Å². The van der Waals surface area contributed by atoms with E-state index in [0.717, 1.165) is 25.7 Å². The molecule has 0 aromatic rings. The highest BCUT2D eigenvalue weighted by Gasteiger charge is 2.06. The van der Waals surface area contributed by atoms with Crippen LogP contribution in [0.5, 0.6) is 0 Å². The van der Waals surface area contributed by atoms with Crippen molar-refractivity contribution in [1.82, 2.24) is 4.90 Å². The molecule has 26 heavy (non-hydrogen) atoms. The van der Waals surface area contributed by atoms with Crippen LogP contribution in [0.1, 0.15) is 90.9 Å². The summed E-state index contributed by atoms with van der Waals surface area (Å²) in [6.45, 7) is 6.48. The van der Waals surface area contributed by atoms with Crippen molar-refractivity contribution >= 4 is 11.9 Å². The van der Waals surface area contributed by atoms with E-state index in [1.54, 1.807) is 0 Å². The molecule has 0 atom stereocenters. The molecule has 0 aliphatic carbocycles. The summed E-state index contributed by atoms with van der Waals surface area (Å²) in [5, 5.41) is 0. The van der Waals surface area contributed by atoms with Gasteiger partial charge in [-0.2, -0.15) is 0 Å². The van der Waals surface area contributed by atoms with Crippen molar-refractivity contribution in [2.75, 3.05) is 33.4 Å². The van der Waals surface area contributed by atoms with Crippen LogP contribution in [0.4, 0.5) is 0 Å². The van der Waals surface area contributed by atoms with Crippen LogP contribution in [0.3, 0.4) is 0 Å². The first-order chi connectivity index (χ1) is 12.6. The molecule has 0 rings (SSSR count). The van der Waals surface area contributed by atoms with Crippen molar-refractivity contribution < 1.29 is 19.1 Å². The largest absolute Gasteiger partial charge is 0.464 e. The molecular formula is C21H41NO4. The van der Waals surface area contributed by atoms with Crippen molar-refractivity contribution in [1.29, 1.82) is 0 Å². The second-order valence-electron chi connectivity index (χ2n) is 7.07. The van der Waals surface area contributed by atoms with E-state index in [9.17, 15) is 9.59 Å². The number of rotatable bonds is 18. The summed E-state index contributed by atoms with van der Waals surface area (Å²) in [5.41, 5.74) is 0. The van der Waals surface area contributed by atoms with Crippen molar-refractivity contribution in [2.24, 2.45) is 0 Å². The van der Waals surface area contributed by atoms with Gasteiger partial charge in [0, 0.05) is 25.9 Å². The molecule has 0 aliphatic heterocycles. The zero-order chi connectivity index (χ0) is 19.5. The molecule has 0 aliphatic rings. The second kappa shape index (κ2) is 18.7. The Hall–Kier alpha value is -1.10. The summed E-state index contributed by atoms with van der Waals surface area (Å²) >= 11 is 0. The van der Waals surface area contributed by atoms with E-state index in [1.807, 2.05) is 11.9 Å². The van der Waals surface area contributed by atoms with Crippen LogP contribution >= 0.6 is 0 Å². The van der Waals surface area contributed by atoms with E-state index in [1.165, 1.54) is 38.5 Å². The molecule has 0 saturated carbocycles. The van der Waals surface area contributed by atoms with Crippen LogP contribution < -0.4 is 0 Å². The van der Waals surface area contributed by atoms with Crippen LogP contribution in [-0.2, 0) is 19.1 Å². The highest BCUT2D eigenvalue weighted by Crippen LogP contribution is 2.06. The lowest BCUT2D eigenvalue weighted by Crippen LogP contribution is -2.28. The number of likely N-dealkylation sites (N-methyl/N-ethyl adjacent to an activating group) is 1. The van der Waals surface area contributed by atoms with Crippen molar-refractivity contribution in [2.45, 2.75) is 90.9 Å². The van der Waals surface area contributed by atoms with E-state index >= 15 is 0 Å². The van der Waals surface area contributed by atoms with Gasteiger partial charge in [0.05, 0.1) is 0 Å². The quantitative estimate of drug-likeness (QED) is 0.258. The fraction of sp³-hybridized carbons (Fsp3) is 0.905. The van der Waals surface area contributed by atoms with Gasteiger partial charge in [0.2, 0.25) is 0 Å². The Bertz CT molecular complexity index is 315. The van der Waals surface area contributed by atoms with Crippen LogP contribution in [0.25, 0.3) is 0 Å². The smallest absolute Gasteiger partial charge is 0.305 e. The van der Waals surface area contributed by atoms with E-state index in [-0.39, 0.29) is 11.9 Å². The lowest BCUT2D eigenvalue weighted by atomic mass is 10.1. The number of esters is 2. The van der Waals surface area contributed by atoms with Gasteiger partial charge in [0.1, 0.15) is 13.2 Å². The molecule has 0 bridgehead atoms. The number of ether oxygens (including phenoxy) is 2. The second-order valence-corrected chi connectivity index (χ2v) is 7.07. The van der Waals surface area contributed by atoms with Crippen LogP contribution in [0.15, 0.2) is 0 Å². The first-order valence-electron chi connectivity index (χ1n) is 10.6. The zero-order valence-electron chi connectivity index (χ0n) is 17.4. The summed E-state index contributed by atoms with van der Waals surface area (Å²) in [6, 6.07) is 0. The summed E-state index contributed by atoms with van der Waals surface area (Å²) in [4.78, 5) is 25.3. The SMILES string of the molecule is CCCCCCCC(=O)OCCN(C)CCOC(=O)CCCCCCC. The standard InChI is InChI=1S/C21H41NO4/c1-4-6-8-10-12-14-20(23)25-18-16-22(3)17-19-26-21(24)15-13-11-9-7-5-2/h4-19H2,1-3H3. The fourth-order valence-corrected chi connectivity index (χ4v) is 2.63. The molecule has 0 fully saturated rings. The topological polar surface area (TPSA) is 55.8 Å². The van der Waals surface area contributed by atoms with E-state index in [4.69, 9.17) is 9.47 Å². The molecule has 0 saturated heterocycles. The molecule has 0 unspecified atom stereocenters. The highest BCUT2D eigenvalue weighted by atomic mass is 16.5. The Morgan fingerprint density at radius 3 is 1.42 bits per heavy atom. The Morgan fingerprint density at radius 2 is 1.04 bits per heavy atom. The average molecular weight is 372 g/mol. The van der Waals surface area contributed by atoms with Crippen LogP contribution in [-0.4, -0.2) is 50.2 Å². The Morgan fingerprint density at radius 1 is 0.654 bits per heavy atom. The summed E-state index contributed by atoms with van der Waals surface area (Å²) in [7, 11) is 1.94. The molecule has 154 valence electrons. The average Bonchev–Trinajstić information content (AvgIpc) is 2.61. The molecule has 5 heteroatoms. The minimum Gasteiger partial charge on any atom is -0.464 e. The normalized spacial score (nSPS) is 10.9. The molecule has 0 radical (unpaired) electrons. The lowest BCUT2D eigenvalue weighted by Gasteiger charge is -2.16. The molecule has 0 N–H and O–H groups in total. The van der Waals surface area contributed by atoms with Gasteiger partial charge < -0.3 is 9.47 Å². The number of carbonyl (C=O) groups is 2. The minimum atomic E-state index is -0.107. The number of hydrogen-bond donors (Lipinski definition) is 0. The lowest BCUT2D eigenvalue weighted by molar-refractivity contribution is -0.144. The summed E-state index contributed by atoms with van der Waals surface area (Å²) in [6.07, 6.45) is 12.4. The maximum absolute atomic E-state index is 11.6. The molecule has 0 heterocycles. The van der Waals surface area contributed by atoms with Gasteiger partial charge in [-0.05, 0) is 19.9 Å². The first-order valence-corrected chi connectivity index (χ1v) is 10.6. The van der Waals surface area contributed by atoms with E-state index in [2.05, 4.69) is 13.8 Å². The Labute approximate surface area is 160 Å². The van der Waals surface area contributed by atoms with Gasteiger partial charge in [-0.3, -0.25) is 14.5 Å². The van der Waals surface area contributed by atoms with E-state index in [0.29, 0.717) is 39.1 Å². The molecule has 5 nitrogen and oxygen atoms in total. The Kier molecular flexibility index (Phi) is 17.9. The summed E-state index contributed by atoms with van der Waals surface area (Å²) in [5.74, 6) is -0.214. The predicted octanol–water partition coefficient (Wildman–Crippen LogP) is 4.73. The van der Waals surface area contributed by atoms with Crippen molar-refractivity contribution in [3.05, 3.63) is 0 Å². The Balaban J connectivity index is 3.46. The van der Waals surface area contributed by atoms with E-state index < -0.39 is 0 Å². The van der Waals surface area contributed by atoms with Crippen molar-refractivity contribution in [3.63, 3.8) is 0 Å².